The van der Waals surface area contributed by atoms with Gasteiger partial charge in [-0.05, 0) is 37.1 Å². The van der Waals surface area contributed by atoms with Crippen LogP contribution in [0.5, 0.6) is 0 Å². The van der Waals surface area contributed by atoms with Gasteiger partial charge in [-0.1, -0.05) is 29.3 Å². The van der Waals surface area contributed by atoms with Crippen LogP contribution in [0.25, 0.3) is 0 Å². The molecule has 6 nitrogen and oxygen atoms in total. The van der Waals surface area contributed by atoms with Gasteiger partial charge in [0.2, 0.25) is 10.0 Å². The third-order valence-electron chi connectivity index (χ3n) is 4.76. The highest BCUT2D eigenvalue weighted by Gasteiger charge is 2.31. The molecule has 0 radical (unpaired) electrons. The summed E-state index contributed by atoms with van der Waals surface area (Å²) in [5, 5.41) is 8.90. The molecule has 0 atom stereocenters. The molecule has 2 aliphatic rings. The Morgan fingerprint density at radius 3 is 2.31 bits per heavy atom. The molecule has 26 heavy (non-hydrogen) atoms. The topological polar surface area (TPSA) is 66.4 Å². The van der Waals surface area contributed by atoms with Crippen molar-refractivity contribution in [2.45, 2.75) is 23.7 Å². The van der Waals surface area contributed by atoms with E-state index in [0.29, 0.717) is 32.1 Å². The molecule has 9 heteroatoms. The molecule has 2 fully saturated rings. The molecule has 1 aromatic heterocycles. The fourth-order valence-electron chi connectivity index (χ4n) is 3.08. The maximum Gasteiger partial charge on any atom is 0.244 e. The Morgan fingerprint density at radius 2 is 1.69 bits per heavy atom. The van der Waals surface area contributed by atoms with Crippen molar-refractivity contribution < 1.29 is 8.42 Å². The van der Waals surface area contributed by atoms with Gasteiger partial charge in [0.15, 0.2) is 5.82 Å². The van der Waals surface area contributed by atoms with Crippen LogP contribution >= 0.6 is 23.2 Å². The number of halogens is 2. The van der Waals surface area contributed by atoms with Gasteiger partial charge in [0, 0.05) is 32.1 Å². The van der Waals surface area contributed by atoms with Gasteiger partial charge in [0.1, 0.15) is 4.90 Å². The fraction of sp³-hybridized carbons (Fsp3) is 0.412. The van der Waals surface area contributed by atoms with Crippen molar-refractivity contribution in [1.29, 1.82) is 0 Å². The zero-order valence-corrected chi connectivity index (χ0v) is 16.3. The number of aromatic nitrogens is 2. The number of rotatable bonds is 4. The van der Waals surface area contributed by atoms with Crippen LogP contribution in [-0.2, 0) is 10.0 Å². The van der Waals surface area contributed by atoms with Crippen LogP contribution in [0.1, 0.15) is 24.5 Å². The van der Waals surface area contributed by atoms with Crippen molar-refractivity contribution in [3.63, 3.8) is 0 Å². The predicted octanol–water partition coefficient (Wildman–Crippen LogP) is 3.17. The molecule has 1 aromatic carbocycles. The normalized spacial score (nSPS) is 18.9. The van der Waals surface area contributed by atoms with Crippen molar-refractivity contribution in [1.82, 2.24) is 14.5 Å². The largest absolute Gasteiger partial charge is 0.352 e. The molecule has 2 aromatic rings. The zero-order valence-electron chi connectivity index (χ0n) is 14.0. The lowest BCUT2D eigenvalue weighted by molar-refractivity contribution is 0.383. The van der Waals surface area contributed by atoms with Crippen LogP contribution in [0.2, 0.25) is 10.0 Å². The summed E-state index contributed by atoms with van der Waals surface area (Å²) in [5.74, 6) is 1.35. The molecule has 0 amide bonds. The van der Waals surface area contributed by atoms with Crippen molar-refractivity contribution in [2.75, 3.05) is 31.1 Å². The molecule has 1 aliphatic heterocycles. The Hall–Kier alpha value is -1.41. The minimum Gasteiger partial charge on any atom is -0.352 e. The number of sulfonamides is 1. The summed E-state index contributed by atoms with van der Waals surface area (Å²) in [5.41, 5.74) is 1.05. The first-order chi connectivity index (χ1) is 12.5. The second kappa shape index (κ2) is 6.96. The van der Waals surface area contributed by atoms with Gasteiger partial charge in [-0.2, -0.15) is 9.40 Å². The number of nitrogens with zero attached hydrogens (tertiary/aromatic N) is 4. The second-order valence-corrected chi connectivity index (χ2v) is 9.23. The van der Waals surface area contributed by atoms with Gasteiger partial charge < -0.3 is 4.90 Å². The highest BCUT2D eigenvalue weighted by atomic mass is 35.5. The molecule has 0 bridgehead atoms. The minimum atomic E-state index is -3.68. The van der Waals surface area contributed by atoms with E-state index in [9.17, 15) is 8.42 Å². The molecular formula is C17H18Cl2N4O2S. The molecule has 1 aliphatic carbocycles. The van der Waals surface area contributed by atoms with E-state index in [-0.39, 0.29) is 14.9 Å². The summed E-state index contributed by atoms with van der Waals surface area (Å²) in [6, 6.07) is 8.64. The summed E-state index contributed by atoms with van der Waals surface area (Å²) in [4.78, 5) is 2.10. The fourth-order valence-corrected chi connectivity index (χ4v) is 5.24. The lowest BCUT2D eigenvalue weighted by Gasteiger charge is -2.34. The zero-order chi connectivity index (χ0) is 18.3. The third-order valence-corrected chi connectivity index (χ3v) is 7.64. The maximum atomic E-state index is 12.9. The van der Waals surface area contributed by atoms with E-state index in [1.54, 1.807) is 12.1 Å². The summed E-state index contributed by atoms with van der Waals surface area (Å²) < 4.78 is 27.2. The summed E-state index contributed by atoms with van der Waals surface area (Å²) in [7, 11) is -3.68. The smallest absolute Gasteiger partial charge is 0.244 e. The number of piperazine rings is 1. The highest BCUT2D eigenvalue weighted by molar-refractivity contribution is 7.89. The standard InChI is InChI=1S/C17H18Cl2N4O2S/c18-13-2-1-3-15(17(13)19)26(24,25)23-10-8-22(9-11-23)16-7-6-14(20-21-16)12-4-5-12/h1-3,6-7,12H,4-5,8-11H2. The van der Waals surface area contributed by atoms with E-state index in [1.807, 2.05) is 12.1 Å². The van der Waals surface area contributed by atoms with Crippen molar-refractivity contribution in [3.05, 3.63) is 46.1 Å². The van der Waals surface area contributed by atoms with E-state index in [1.165, 1.54) is 23.2 Å². The lowest BCUT2D eigenvalue weighted by atomic mass is 10.2. The number of benzene rings is 1. The molecule has 138 valence electrons. The van der Waals surface area contributed by atoms with E-state index in [0.717, 1.165) is 11.5 Å². The summed E-state index contributed by atoms with van der Waals surface area (Å²) in [6.07, 6.45) is 2.38. The Morgan fingerprint density at radius 1 is 0.962 bits per heavy atom. The average molecular weight is 413 g/mol. The molecule has 1 saturated carbocycles. The van der Waals surface area contributed by atoms with Crippen molar-refractivity contribution in [2.24, 2.45) is 0 Å². The maximum absolute atomic E-state index is 12.9. The summed E-state index contributed by atoms with van der Waals surface area (Å²) in [6.45, 7) is 1.82. The van der Waals surface area contributed by atoms with Crippen LogP contribution in [-0.4, -0.2) is 49.1 Å². The number of anilines is 1. The van der Waals surface area contributed by atoms with Crippen molar-refractivity contribution >= 4 is 39.0 Å². The number of hydrogen-bond acceptors (Lipinski definition) is 5. The van der Waals surface area contributed by atoms with Crippen LogP contribution in [0.4, 0.5) is 5.82 Å². The van der Waals surface area contributed by atoms with Gasteiger partial charge in [-0.15, -0.1) is 5.10 Å². The van der Waals surface area contributed by atoms with E-state index >= 15 is 0 Å². The van der Waals surface area contributed by atoms with Gasteiger partial charge in [0.25, 0.3) is 0 Å². The van der Waals surface area contributed by atoms with Gasteiger partial charge in [-0.25, -0.2) is 8.42 Å². The quantitative estimate of drug-likeness (QED) is 0.771. The van der Waals surface area contributed by atoms with E-state index in [2.05, 4.69) is 15.1 Å². The Kier molecular flexibility index (Phi) is 4.81. The molecule has 2 heterocycles. The van der Waals surface area contributed by atoms with Gasteiger partial charge in [0.05, 0.1) is 15.7 Å². The molecule has 4 rings (SSSR count). The van der Waals surface area contributed by atoms with Crippen LogP contribution in [0.15, 0.2) is 35.2 Å². The van der Waals surface area contributed by atoms with Crippen LogP contribution < -0.4 is 4.90 Å². The van der Waals surface area contributed by atoms with E-state index < -0.39 is 10.0 Å². The SMILES string of the molecule is O=S(=O)(c1cccc(Cl)c1Cl)N1CCN(c2ccc(C3CC3)nn2)CC1. The predicted molar refractivity (Wildman–Crippen MR) is 101 cm³/mol. The molecule has 0 unspecified atom stereocenters. The molecule has 1 saturated heterocycles. The number of hydrogen-bond donors (Lipinski definition) is 0. The first-order valence-electron chi connectivity index (χ1n) is 8.49. The minimum absolute atomic E-state index is 0.0497. The molecule has 0 N–H and O–H groups in total. The van der Waals surface area contributed by atoms with Crippen molar-refractivity contribution in [3.8, 4) is 0 Å². The Bertz CT molecular complexity index is 909. The summed E-state index contributed by atoms with van der Waals surface area (Å²) >= 11 is 12.1. The Labute approximate surface area is 162 Å². The highest BCUT2D eigenvalue weighted by Crippen LogP contribution is 2.38. The molecular weight excluding hydrogens is 395 g/mol. The first kappa shape index (κ1) is 18.0. The monoisotopic (exact) mass is 412 g/mol. The lowest BCUT2D eigenvalue weighted by Crippen LogP contribution is -2.49. The van der Waals surface area contributed by atoms with Crippen LogP contribution in [0.3, 0.4) is 0 Å². The Balaban J connectivity index is 1.46. The second-order valence-electron chi connectivity index (χ2n) is 6.53. The average Bonchev–Trinajstić information content (AvgIpc) is 3.49. The third kappa shape index (κ3) is 3.41. The molecule has 0 spiro atoms. The van der Waals surface area contributed by atoms with Crippen LogP contribution in [0, 0.1) is 0 Å². The first-order valence-corrected chi connectivity index (χ1v) is 10.7. The van der Waals surface area contributed by atoms with E-state index in [4.69, 9.17) is 23.2 Å². The van der Waals surface area contributed by atoms with Gasteiger partial charge in [-0.3, -0.25) is 0 Å². The van der Waals surface area contributed by atoms with Gasteiger partial charge >= 0.3 is 0 Å².